The summed E-state index contributed by atoms with van der Waals surface area (Å²) < 4.78 is 2.29. The molecular weight excluding hydrogens is 286 g/mol. The molecule has 0 saturated carbocycles. The smallest absolute Gasteiger partial charge is 0.191 e. The maximum absolute atomic E-state index is 4.61. The van der Waals surface area contributed by atoms with Crippen molar-refractivity contribution in [2.45, 2.75) is 40.7 Å². The van der Waals surface area contributed by atoms with E-state index in [9.17, 15) is 0 Å². The van der Waals surface area contributed by atoms with Crippen LogP contribution in [0.25, 0.3) is 11.0 Å². The fraction of sp³-hybridized carbons (Fsp3) is 0.556. The van der Waals surface area contributed by atoms with Crippen molar-refractivity contribution in [3.05, 3.63) is 30.1 Å². The number of guanidine groups is 1. The van der Waals surface area contributed by atoms with Crippen molar-refractivity contribution in [3.63, 3.8) is 0 Å². The third-order valence-electron chi connectivity index (χ3n) is 3.66. The molecule has 0 atom stereocenters. The largest absolute Gasteiger partial charge is 0.357 e. The number of benzene rings is 1. The lowest BCUT2D eigenvalue weighted by atomic mass is 10.2. The van der Waals surface area contributed by atoms with E-state index in [1.165, 1.54) is 5.52 Å². The van der Waals surface area contributed by atoms with Gasteiger partial charge in [0.2, 0.25) is 0 Å². The van der Waals surface area contributed by atoms with E-state index in [1.54, 1.807) is 0 Å². The Balaban J connectivity index is 1.88. The van der Waals surface area contributed by atoms with Crippen molar-refractivity contribution in [2.24, 2.45) is 10.9 Å². The van der Waals surface area contributed by atoms with Gasteiger partial charge in [-0.25, -0.2) is 4.98 Å². The molecule has 2 N–H and O–H groups in total. The van der Waals surface area contributed by atoms with Crippen LogP contribution in [0.5, 0.6) is 0 Å². The third kappa shape index (κ3) is 4.98. The van der Waals surface area contributed by atoms with Crippen molar-refractivity contribution < 1.29 is 0 Å². The van der Waals surface area contributed by atoms with Crippen LogP contribution in [-0.2, 0) is 6.54 Å². The minimum Gasteiger partial charge on any atom is -0.357 e. The van der Waals surface area contributed by atoms with E-state index in [1.807, 2.05) is 6.07 Å². The molecule has 0 aliphatic carbocycles. The van der Waals surface area contributed by atoms with Crippen LogP contribution in [0, 0.1) is 12.8 Å². The molecule has 0 bridgehead atoms. The van der Waals surface area contributed by atoms with E-state index in [2.05, 4.69) is 71.1 Å². The molecule has 2 aromatic rings. The Morgan fingerprint density at radius 3 is 2.78 bits per heavy atom. The summed E-state index contributed by atoms with van der Waals surface area (Å²) in [6, 6.07) is 8.31. The molecule has 0 unspecified atom stereocenters. The standard InChI is InChI=1S/C18H29N5/c1-5-19-18(21-13-14(2)3)20-11-8-12-23-15(4)22-16-9-6-7-10-17(16)23/h6-7,9-10,14H,5,8,11-13H2,1-4H3,(H2,19,20,21). The molecule has 5 nitrogen and oxygen atoms in total. The molecule has 1 aromatic heterocycles. The first-order valence-corrected chi connectivity index (χ1v) is 8.56. The number of aryl methyl sites for hydroxylation is 2. The average Bonchev–Trinajstić information content (AvgIpc) is 2.84. The van der Waals surface area contributed by atoms with Crippen LogP contribution in [0.15, 0.2) is 29.3 Å². The van der Waals surface area contributed by atoms with Gasteiger partial charge in [-0.15, -0.1) is 0 Å². The number of nitrogens with zero attached hydrogens (tertiary/aromatic N) is 3. The summed E-state index contributed by atoms with van der Waals surface area (Å²) in [5.74, 6) is 2.56. The summed E-state index contributed by atoms with van der Waals surface area (Å²) in [5.41, 5.74) is 2.29. The SMILES string of the molecule is CCNC(=NCC(C)C)NCCCn1c(C)nc2ccccc21. The molecule has 0 radical (unpaired) electrons. The number of para-hydroxylation sites is 2. The van der Waals surface area contributed by atoms with E-state index in [0.717, 1.165) is 49.9 Å². The van der Waals surface area contributed by atoms with Gasteiger partial charge < -0.3 is 15.2 Å². The van der Waals surface area contributed by atoms with Crippen molar-refractivity contribution in [2.75, 3.05) is 19.6 Å². The molecule has 0 aliphatic rings. The summed E-state index contributed by atoms with van der Waals surface area (Å²) in [5, 5.41) is 6.70. The summed E-state index contributed by atoms with van der Waals surface area (Å²) in [7, 11) is 0. The van der Waals surface area contributed by atoms with Crippen LogP contribution in [0.3, 0.4) is 0 Å². The number of fused-ring (bicyclic) bond motifs is 1. The quantitative estimate of drug-likeness (QED) is 0.469. The Morgan fingerprint density at radius 2 is 2.04 bits per heavy atom. The zero-order valence-corrected chi connectivity index (χ0v) is 14.8. The molecule has 0 fully saturated rings. The van der Waals surface area contributed by atoms with Crippen LogP contribution in [0.2, 0.25) is 0 Å². The number of hydrogen-bond acceptors (Lipinski definition) is 2. The van der Waals surface area contributed by atoms with Crippen LogP contribution in [0.1, 0.15) is 33.0 Å². The van der Waals surface area contributed by atoms with Crippen molar-refractivity contribution in [3.8, 4) is 0 Å². The van der Waals surface area contributed by atoms with Gasteiger partial charge in [-0.05, 0) is 38.3 Å². The number of hydrogen-bond donors (Lipinski definition) is 2. The van der Waals surface area contributed by atoms with Gasteiger partial charge in [-0.2, -0.15) is 0 Å². The van der Waals surface area contributed by atoms with Gasteiger partial charge in [0.25, 0.3) is 0 Å². The van der Waals surface area contributed by atoms with E-state index in [4.69, 9.17) is 0 Å². The lowest BCUT2D eigenvalue weighted by Gasteiger charge is -2.13. The third-order valence-corrected chi connectivity index (χ3v) is 3.66. The zero-order chi connectivity index (χ0) is 16.7. The predicted octanol–water partition coefficient (Wildman–Crippen LogP) is 2.95. The number of nitrogens with one attached hydrogen (secondary N) is 2. The second kappa shape index (κ2) is 8.56. The summed E-state index contributed by atoms with van der Waals surface area (Å²) >= 11 is 0. The predicted molar refractivity (Wildman–Crippen MR) is 97.9 cm³/mol. The van der Waals surface area contributed by atoms with Crippen LogP contribution in [-0.4, -0.2) is 35.1 Å². The van der Waals surface area contributed by atoms with Crippen LogP contribution < -0.4 is 10.6 Å². The molecular formula is C18H29N5. The van der Waals surface area contributed by atoms with Gasteiger partial charge in [-0.1, -0.05) is 26.0 Å². The number of aromatic nitrogens is 2. The highest BCUT2D eigenvalue weighted by Gasteiger charge is 2.06. The summed E-state index contributed by atoms with van der Waals surface area (Å²) in [6.45, 7) is 12.1. The van der Waals surface area contributed by atoms with E-state index in [0.29, 0.717) is 5.92 Å². The van der Waals surface area contributed by atoms with E-state index < -0.39 is 0 Å². The number of aliphatic imine (C=N–C) groups is 1. The molecule has 23 heavy (non-hydrogen) atoms. The minimum absolute atomic E-state index is 0.574. The molecule has 0 amide bonds. The Morgan fingerprint density at radius 1 is 1.26 bits per heavy atom. The Labute approximate surface area is 139 Å². The monoisotopic (exact) mass is 315 g/mol. The van der Waals surface area contributed by atoms with Crippen molar-refractivity contribution in [1.82, 2.24) is 20.2 Å². The van der Waals surface area contributed by atoms with E-state index >= 15 is 0 Å². The van der Waals surface area contributed by atoms with Gasteiger partial charge in [-0.3, -0.25) is 4.99 Å². The molecule has 0 aliphatic heterocycles. The lowest BCUT2D eigenvalue weighted by Crippen LogP contribution is -2.38. The molecule has 126 valence electrons. The molecule has 0 saturated heterocycles. The second-order valence-electron chi connectivity index (χ2n) is 6.19. The molecule has 2 rings (SSSR count). The number of rotatable bonds is 7. The van der Waals surface area contributed by atoms with Crippen LogP contribution in [0.4, 0.5) is 0 Å². The van der Waals surface area contributed by atoms with Gasteiger partial charge in [0.1, 0.15) is 5.82 Å². The first kappa shape index (κ1) is 17.3. The first-order chi connectivity index (χ1) is 11.1. The van der Waals surface area contributed by atoms with Crippen LogP contribution >= 0.6 is 0 Å². The maximum Gasteiger partial charge on any atom is 0.191 e. The summed E-state index contributed by atoms with van der Waals surface area (Å²) in [6.07, 6.45) is 1.04. The number of imidazole rings is 1. The van der Waals surface area contributed by atoms with E-state index in [-0.39, 0.29) is 0 Å². The summed E-state index contributed by atoms with van der Waals surface area (Å²) in [4.78, 5) is 9.20. The molecule has 1 aromatic carbocycles. The highest BCUT2D eigenvalue weighted by atomic mass is 15.2. The van der Waals surface area contributed by atoms with Gasteiger partial charge in [0, 0.05) is 26.2 Å². The Kier molecular flexibility index (Phi) is 6.44. The minimum atomic E-state index is 0.574. The average molecular weight is 315 g/mol. The van der Waals surface area contributed by atoms with Crippen molar-refractivity contribution in [1.29, 1.82) is 0 Å². The fourth-order valence-electron chi connectivity index (χ4n) is 2.54. The van der Waals surface area contributed by atoms with Gasteiger partial charge in [0.05, 0.1) is 11.0 Å². The van der Waals surface area contributed by atoms with Gasteiger partial charge >= 0.3 is 0 Å². The Bertz CT molecular complexity index is 642. The fourth-order valence-corrected chi connectivity index (χ4v) is 2.54. The second-order valence-corrected chi connectivity index (χ2v) is 6.19. The van der Waals surface area contributed by atoms with Gasteiger partial charge in [0.15, 0.2) is 5.96 Å². The topological polar surface area (TPSA) is 54.2 Å². The molecule has 0 spiro atoms. The highest BCUT2D eigenvalue weighted by molar-refractivity contribution is 5.79. The lowest BCUT2D eigenvalue weighted by molar-refractivity contribution is 0.619. The molecule has 5 heteroatoms. The van der Waals surface area contributed by atoms with Crippen molar-refractivity contribution >= 4 is 17.0 Å². The maximum atomic E-state index is 4.61. The Hall–Kier alpha value is -2.04. The highest BCUT2D eigenvalue weighted by Crippen LogP contribution is 2.15. The molecule has 1 heterocycles. The normalized spacial score (nSPS) is 12.1. The first-order valence-electron chi connectivity index (χ1n) is 8.56. The zero-order valence-electron chi connectivity index (χ0n) is 14.8.